The summed E-state index contributed by atoms with van der Waals surface area (Å²) in [5.41, 5.74) is 1.17. The molecule has 0 bridgehead atoms. The minimum atomic E-state index is 0.552. The molecule has 0 atom stereocenters. The van der Waals surface area contributed by atoms with Crippen LogP contribution in [0.25, 0.3) is 0 Å². The van der Waals surface area contributed by atoms with Crippen molar-refractivity contribution in [1.82, 2.24) is 0 Å². The van der Waals surface area contributed by atoms with Crippen LogP contribution in [0.1, 0.15) is 5.56 Å². The third kappa shape index (κ3) is 3.57. The predicted molar refractivity (Wildman–Crippen MR) is 54.5 cm³/mol. The first-order valence-corrected chi connectivity index (χ1v) is 5.04. The molecular weight excluding hydrogens is 239 g/mol. The van der Waals surface area contributed by atoms with E-state index >= 15 is 0 Å². The maximum Gasteiger partial charge on any atom is 0.0717 e. The van der Waals surface area contributed by atoms with Gasteiger partial charge in [-0.2, -0.15) is 0 Å². The minimum absolute atomic E-state index is 0.552. The fourth-order valence-electron chi connectivity index (χ4n) is 0.825. The molecule has 0 unspecified atom stereocenters. The van der Waals surface area contributed by atoms with Gasteiger partial charge >= 0.3 is 0 Å². The van der Waals surface area contributed by atoms with Crippen molar-refractivity contribution in [2.24, 2.45) is 0 Å². The van der Waals surface area contributed by atoms with Gasteiger partial charge in [-0.25, -0.2) is 0 Å². The molecule has 1 rings (SSSR count). The van der Waals surface area contributed by atoms with E-state index in [4.69, 9.17) is 16.3 Å². The molecule has 0 fully saturated rings. The highest BCUT2D eigenvalue weighted by Gasteiger charge is 1.92. The Kier molecular flexibility index (Phi) is 4.66. The molecule has 0 N–H and O–H groups in total. The SMILES string of the molecule is ClCCOCc1ccc(Br)cc1. The zero-order chi connectivity index (χ0) is 8.81. The van der Waals surface area contributed by atoms with Gasteiger partial charge < -0.3 is 4.74 Å². The van der Waals surface area contributed by atoms with Crippen LogP contribution in [0.15, 0.2) is 28.7 Å². The Morgan fingerprint density at radius 1 is 1.25 bits per heavy atom. The quantitative estimate of drug-likeness (QED) is 0.588. The molecule has 0 amide bonds. The highest BCUT2D eigenvalue weighted by molar-refractivity contribution is 9.10. The number of hydrogen-bond donors (Lipinski definition) is 0. The van der Waals surface area contributed by atoms with Crippen molar-refractivity contribution in [3.63, 3.8) is 0 Å². The summed E-state index contributed by atoms with van der Waals surface area (Å²) < 4.78 is 6.35. The van der Waals surface area contributed by atoms with Crippen LogP contribution >= 0.6 is 27.5 Å². The molecule has 1 aromatic carbocycles. The summed E-state index contributed by atoms with van der Waals surface area (Å²) in [6.07, 6.45) is 0. The van der Waals surface area contributed by atoms with Crippen LogP contribution < -0.4 is 0 Å². The van der Waals surface area contributed by atoms with Crippen molar-refractivity contribution in [3.05, 3.63) is 34.3 Å². The molecular formula is C9H10BrClO. The molecule has 66 valence electrons. The normalized spacial score (nSPS) is 10.2. The van der Waals surface area contributed by atoms with Crippen LogP contribution in [0.2, 0.25) is 0 Å². The molecule has 0 radical (unpaired) electrons. The number of ether oxygens (including phenoxy) is 1. The molecule has 0 aliphatic rings. The highest BCUT2D eigenvalue weighted by atomic mass is 79.9. The second kappa shape index (κ2) is 5.57. The highest BCUT2D eigenvalue weighted by Crippen LogP contribution is 2.10. The molecule has 3 heteroatoms. The van der Waals surface area contributed by atoms with Gasteiger partial charge in [-0.15, -0.1) is 11.6 Å². The van der Waals surface area contributed by atoms with Gasteiger partial charge in [-0.1, -0.05) is 28.1 Å². The van der Waals surface area contributed by atoms with Crippen LogP contribution in [-0.2, 0) is 11.3 Å². The van der Waals surface area contributed by atoms with E-state index in [1.807, 2.05) is 24.3 Å². The molecule has 0 saturated heterocycles. The Bertz CT molecular complexity index is 222. The van der Waals surface area contributed by atoms with Crippen LogP contribution in [0.4, 0.5) is 0 Å². The first-order valence-electron chi connectivity index (χ1n) is 3.71. The van der Waals surface area contributed by atoms with Crippen molar-refractivity contribution in [1.29, 1.82) is 0 Å². The lowest BCUT2D eigenvalue weighted by molar-refractivity contribution is 0.136. The first kappa shape index (κ1) is 10.0. The van der Waals surface area contributed by atoms with E-state index in [0.717, 1.165) is 4.47 Å². The summed E-state index contributed by atoms with van der Waals surface area (Å²) in [5, 5.41) is 0. The van der Waals surface area contributed by atoms with E-state index < -0.39 is 0 Å². The Hall–Kier alpha value is -0.0500. The fraction of sp³-hybridized carbons (Fsp3) is 0.333. The molecule has 1 aromatic rings. The molecule has 0 saturated carbocycles. The second-order valence-electron chi connectivity index (χ2n) is 2.37. The summed E-state index contributed by atoms with van der Waals surface area (Å²) in [6, 6.07) is 8.05. The average molecular weight is 250 g/mol. The number of rotatable bonds is 4. The zero-order valence-corrected chi connectivity index (χ0v) is 8.94. The maximum absolute atomic E-state index is 5.46. The molecule has 0 heterocycles. The van der Waals surface area contributed by atoms with Gasteiger partial charge in [-0.3, -0.25) is 0 Å². The van der Waals surface area contributed by atoms with E-state index in [2.05, 4.69) is 15.9 Å². The standard InChI is InChI=1S/C9H10BrClO/c10-9-3-1-8(2-4-9)7-12-6-5-11/h1-4H,5-7H2. The van der Waals surface area contributed by atoms with E-state index in [1.54, 1.807) is 0 Å². The maximum atomic E-state index is 5.46. The Morgan fingerprint density at radius 2 is 1.92 bits per heavy atom. The lowest BCUT2D eigenvalue weighted by Crippen LogP contribution is -1.95. The van der Waals surface area contributed by atoms with Crippen molar-refractivity contribution >= 4 is 27.5 Å². The van der Waals surface area contributed by atoms with Gasteiger partial charge in [0.25, 0.3) is 0 Å². The Balaban J connectivity index is 2.37. The van der Waals surface area contributed by atoms with Gasteiger partial charge in [0.05, 0.1) is 13.2 Å². The lowest BCUT2D eigenvalue weighted by Gasteiger charge is -2.01. The van der Waals surface area contributed by atoms with Crippen molar-refractivity contribution in [3.8, 4) is 0 Å². The Morgan fingerprint density at radius 3 is 2.50 bits per heavy atom. The lowest BCUT2D eigenvalue weighted by atomic mass is 10.2. The third-order valence-electron chi connectivity index (χ3n) is 1.40. The van der Waals surface area contributed by atoms with Crippen molar-refractivity contribution < 1.29 is 4.74 Å². The molecule has 0 aliphatic heterocycles. The Labute approximate surface area is 85.8 Å². The van der Waals surface area contributed by atoms with Gasteiger partial charge in [0, 0.05) is 10.4 Å². The summed E-state index contributed by atoms with van der Waals surface area (Å²) in [4.78, 5) is 0. The minimum Gasteiger partial charge on any atom is -0.376 e. The van der Waals surface area contributed by atoms with Crippen LogP contribution in [0.3, 0.4) is 0 Å². The molecule has 0 aliphatic carbocycles. The zero-order valence-electron chi connectivity index (χ0n) is 6.59. The monoisotopic (exact) mass is 248 g/mol. The van der Waals surface area contributed by atoms with E-state index in [1.165, 1.54) is 5.56 Å². The predicted octanol–water partition coefficient (Wildman–Crippen LogP) is 3.20. The summed E-state index contributed by atoms with van der Waals surface area (Å²) in [6.45, 7) is 1.25. The van der Waals surface area contributed by atoms with Gasteiger partial charge in [-0.05, 0) is 17.7 Å². The number of alkyl halides is 1. The topological polar surface area (TPSA) is 9.23 Å². The number of benzene rings is 1. The van der Waals surface area contributed by atoms with Crippen LogP contribution in [0.5, 0.6) is 0 Å². The number of hydrogen-bond acceptors (Lipinski definition) is 1. The summed E-state index contributed by atoms with van der Waals surface area (Å²) >= 11 is 8.83. The summed E-state index contributed by atoms with van der Waals surface area (Å²) in [5.74, 6) is 0.552. The first-order chi connectivity index (χ1) is 5.83. The smallest absolute Gasteiger partial charge is 0.0717 e. The van der Waals surface area contributed by atoms with Crippen molar-refractivity contribution in [2.75, 3.05) is 12.5 Å². The second-order valence-corrected chi connectivity index (χ2v) is 3.66. The summed E-state index contributed by atoms with van der Waals surface area (Å²) in [7, 11) is 0. The fourth-order valence-corrected chi connectivity index (χ4v) is 1.20. The van der Waals surface area contributed by atoms with Gasteiger partial charge in [0.1, 0.15) is 0 Å². The van der Waals surface area contributed by atoms with Crippen LogP contribution in [0, 0.1) is 0 Å². The average Bonchev–Trinajstić information content (AvgIpc) is 2.09. The molecule has 0 aromatic heterocycles. The van der Waals surface area contributed by atoms with E-state index in [0.29, 0.717) is 19.1 Å². The molecule has 0 spiro atoms. The number of halogens is 2. The van der Waals surface area contributed by atoms with Gasteiger partial charge in [0.15, 0.2) is 0 Å². The van der Waals surface area contributed by atoms with Crippen LogP contribution in [-0.4, -0.2) is 12.5 Å². The van der Waals surface area contributed by atoms with E-state index in [9.17, 15) is 0 Å². The van der Waals surface area contributed by atoms with E-state index in [-0.39, 0.29) is 0 Å². The molecule has 12 heavy (non-hydrogen) atoms. The van der Waals surface area contributed by atoms with Crippen molar-refractivity contribution in [2.45, 2.75) is 6.61 Å². The van der Waals surface area contributed by atoms with Gasteiger partial charge in [0.2, 0.25) is 0 Å². The largest absolute Gasteiger partial charge is 0.376 e. The third-order valence-corrected chi connectivity index (χ3v) is 2.09. The molecule has 1 nitrogen and oxygen atoms in total.